The molecule has 1 saturated carbocycles. The van der Waals surface area contributed by atoms with Crippen molar-refractivity contribution in [1.82, 2.24) is 10.6 Å². The van der Waals surface area contributed by atoms with E-state index < -0.39 is 0 Å². The van der Waals surface area contributed by atoms with Gasteiger partial charge in [0.15, 0.2) is 0 Å². The molecule has 1 aliphatic carbocycles. The minimum atomic E-state index is -0.290. The van der Waals surface area contributed by atoms with Crippen LogP contribution in [0.25, 0.3) is 0 Å². The Bertz CT molecular complexity index is 442. The van der Waals surface area contributed by atoms with Gasteiger partial charge in [-0.25, -0.2) is 4.39 Å². The third-order valence-corrected chi connectivity index (χ3v) is 3.84. The van der Waals surface area contributed by atoms with E-state index in [2.05, 4.69) is 17.6 Å². The highest BCUT2D eigenvalue weighted by Gasteiger charge is 2.21. The topological polar surface area (TPSA) is 41.1 Å². The summed E-state index contributed by atoms with van der Waals surface area (Å²) in [7, 11) is 0. The minimum Gasteiger partial charge on any atom is -0.353 e. The molecule has 0 spiro atoms. The summed E-state index contributed by atoms with van der Waals surface area (Å²) in [6, 6.07) is 7.09. The molecular weight excluding hydrogens is 255 g/mol. The van der Waals surface area contributed by atoms with Crippen molar-refractivity contribution in [3.63, 3.8) is 0 Å². The van der Waals surface area contributed by atoms with E-state index in [4.69, 9.17) is 0 Å². The summed E-state index contributed by atoms with van der Waals surface area (Å²) >= 11 is 0. The molecule has 3 nitrogen and oxygen atoms in total. The van der Waals surface area contributed by atoms with Gasteiger partial charge in [-0.2, -0.15) is 0 Å². The number of amides is 1. The molecule has 2 N–H and O–H groups in total. The first-order valence-corrected chi connectivity index (χ1v) is 7.44. The van der Waals surface area contributed by atoms with E-state index in [0.29, 0.717) is 6.04 Å². The van der Waals surface area contributed by atoms with Crippen LogP contribution in [0.1, 0.15) is 38.2 Å². The first kappa shape index (κ1) is 15.0. The summed E-state index contributed by atoms with van der Waals surface area (Å²) in [5.41, 5.74) is 0.726. The van der Waals surface area contributed by atoms with Crippen LogP contribution in [0.3, 0.4) is 0 Å². The van der Waals surface area contributed by atoms with Gasteiger partial charge in [0.2, 0.25) is 5.91 Å². The lowest BCUT2D eigenvalue weighted by Gasteiger charge is -2.29. The summed E-state index contributed by atoms with van der Waals surface area (Å²) in [5, 5.41) is 6.51. The standard InChI is InChI=1S/C16H23FN2O/c1-2-18-14-6-8-15(9-7-14)19-16(20)11-12-4-3-5-13(17)10-12/h3-5,10,14-15,18H,2,6-9,11H2,1H3,(H,19,20). The van der Waals surface area contributed by atoms with Crippen LogP contribution in [0.15, 0.2) is 24.3 Å². The van der Waals surface area contributed by atoms with Crippen molar-refractivity contribution in [3.8, 4) is 0 Å². The molecule has 0 unspecified atom stereocenters. The number of hydrogen-bond acceptors (Lipinski definition) is 2. The molecule has 0 heterocycles. The second kappa shape index (κ2) is 7.39. The molecule has 1 aromatic carbocycles. The van der Waals surface area contributed by atoms with E-state index in [1.54, 1.807) is 12.1 Å². The van der Waals surface area contributed by atoms with Crippen molar-refractivity contribution in [1.29, 1.82) is 0 Å². The lowest BCUT2D eigenvalue weighted by atomic mass is 9.91. The maximum Gasteiger partial charge on any atom is 0.224 e. The molecule has 0 radical (unpaired) electrons. The molecule has 1 aromatic rings. The number of nitrogens with one attached hydrogen (secondary N) is 2. The van der Waals surface area contributed by atoms with Gasteiger partial charge < -0.3 is 10.6 Å². The Morgan fingerprint density at radius 2 is 1.95 bits per heavy atom. The zero-order chi connectivity index (χ0) is 14.4. The highest BCUT2D eigenvalue weighted by atomic mass is 19.1. The molecule has 0 saturated heterocycles. The fourth-order valence-corrected chi connectivity index (χ4v) is 2.84. The summed E-state index contributed by atoms with van der Waals surface area (Å²) in [5.74, 6) is -0.302. The van der Waals surface area contributed by atoms with Crippen LogP contribution in [0.4, 0.5) is 4.39 Å². The largest absolute Gasteiger partial charge is 0.353 e. The molecule has 0 aromatic heterocycles. The monoisotopic (exact) mass is 278 g/mol. The molecule has 1 aliphatic rings. The second-order valence-corrected chi connectivity index (χ2v) is 5.48. The van der Waals surface area contributed by atoms with Crippen LogP contribution in [0.2, 0.25) is 0 Å². The highest BCUT2D eigenvalue weighted by molar-refractivity contribution is 5.78. The average Bonchev–Trinajstić information content (AvgIpc) is 2.41. The Balaban J connectivity index is 1.75. The summed E-state index contributed by atoms with van der Waals surface area (Å²) < 4.78 is 13.1. The van der Waals surface area contributed by atoms with E-state index in [-0.39, 0.29) is 24.2 Å². The third-order valence-electron chi connectivity index (χ3n) is 3.84. The second-order valence-electron chi connectivity index (χ2n) is 5.48. The predicted molar refractivity (Wildman–Crippen MR) is 78.0 cm³/mol. The SMILES string of the molecule is CCNC1CCC(NC(=O)Cc2cccc(F)c2)CC1. The lowest BCUT2D eigenvalue weighted by molar-refractivity contribution is -0.121. The van der Waals surface area contributed by atoms with E-state index in [9.17, 15) is 9.18 Å². The van der Waals surface area contributed by atoms with Gasteiger partial charge in [-0.05, 0) is 49.9 Å². The molecular formula is C16H23FN2O. The number of halogens is 1. The van der Waals surface area contributed by atoms with Crippen LogP contribution in [-0.4, -0.2) is 24.5 Å². The molecule has 1 amide bonds. The van der Waals surface area contributed by atoms with Crippen LogP contribution >= 0.6 is 0 Å². The number of rotatable bonds is 5. The minimum absolute atomic E-state index is 0.0116. The highest BCUT2D eigenvalue weighted by Crippen LogP contribution is 2.18. The van der Waals surface area contributed by atoms with Crippen LogP contribution in [0, 0.1) is 5.82 Å². The molecule has 0 atom stereocenters. The summed E-state index contributed by atoms with van der Waals surface area (Å²) in [6.07, 6.45) is 4.52. The van der Waals surface area contributed by atoms with Gasteiger partial charge in [0.25, 0.3) is 0 Å². The predicted octanol–water partition coefficient (Wildman–Crippen LogP) is 2.41. The van der Waals surface area contributed by atoms with Crippen molar-refractivity contribution in [2.45, 2.75) is 51.1 Å². The Morgan fingerprint density at radius 1 is 1.25 bits per heavy atom. The van der Waals surface area contributed by atoms with Crippen molar-refractivity contribution < 1.29 is 9.18 Å². The van der Waals surface area contributed by atoms with Crippen LogP contribution in [0.5, 0.6) is 0 Å². The molecule has 20 heavy (non-hydrogen) atoms. The van der Waals surface area contributed by atoms with E-state index in [1.807, 2.05) is 0 Å². The van der Waals surface area contributed by atoms with Gasteiger partial charge in [-0.1, -0.05) is 19.1 Å². The Morgan fingerprint density at radius 3 is 2.60 bits per heavy atom. The average molecular weight is 278 g/mol. The number of hydrogen-bond donors (Lipinski definition) is 2. The van der Waals surface area contributed by atoms with Crippen molar-refractivity contribution >= 4 is 5.91 Å². The van der Waals surface area contributed by atoms with Crippen molar-refractivity contribution in [2.75, 3.05) is 6.54 Å². The number of benzene rings is 1. The Hall–Kier alpha value is -1.42. The maximum absolute atomic E-state index is 13.1. The van der Waals surface area contributed by atoms with Gasteiger partial charge >= 0.3 is 0 Å². The quantitative estimate of drug-likeness (QED) is 0.868. The fourth-order valence-electron chi connectivity index (χ4n) is 2.84. The van der Waals surface area contributed by atoms with E-state index in [0.717, 1.165) is 37.8 Å². The molecule has 4 heteroatoms. The first-order chi connectivity index (χ1) is 9.67. The van der Waals surface area contributed by atoms with Crippen molar-refractivity contribution in [2.24, 2.45) is 0 Å². The van der Waals surface area contributed by atoms with Crippen LogP contribution < -0.4 is 10.6 Å². The summed E-state index contributed by atoms with van der Waals surface area (Å²) in [6.45, 7) is 3.12. The first-order valence-electron chi connectivity index (χ1n) is 7.44. The van der Waals surface area contributed by atoms with Crippen LogP contribution in [-0.2, 0) is 11.2 Å². The Labute approximate surface area is 120 Å². The molecule has 2 rings (SSSR count). The zero-order valence-corrected chi connectivity index (χ0v) is 12.0. The summed E-state index contributed by atoms with van der Waals surface area (Å²) in [4.78, 5) is 12.0. The van der Waals surface area contributed by atoms with E-state index in [1.165, 1.54) is 12.1 Å². The third kappa shape index (κ3) is 4.60. The smallest absolute Gasteiger partial charge is 0.224 e. The van der Waals surface area contributed by atoms with Gasteiger partial charge in [0, 0.05) is 12.1 Å². The van der Waals surface area contributed by atoms with E-state index >= 15 is 0 Å². The normalized spacial score (nSPS) is 22.5. The molecule has 0 aliphatic heterocycles. The molecule has 110 valence electrons. The number of carbonyl (C=O) groups excluding carboxylic acids is 1. The fraction of sp³-hybridized carbons (Fsp3) is 0.562. The molecule has 1 fully saturated rings. The van der Waals surface area contributed by atoms with Gasteiger partial charge in [0.1, 0.15) is 5.82 Å². The lowest BCUT2D eigenvalue weighted by Crippen LogP contribution is -2.42. The zero-order valence-electron chi connectivity index (χ0n) is 12.0. The maximum atomic E-state index is 13.1. The van der Waals surface area contributed by atoms with Gasteiger partial charge in [0.05, 0.1) is 6.42 Å². The number of carbonyl (C=O) groups is 1. The molecule has 0 bridgehead atoms. The van der Waals surface area contributed by atoms with Crippen molar-refractivity contribution in [3.05, 3.63) is 35.6 Å². The van der Waals surface area contributed by atoms with Gasteiger partial charge in [-0.15, -0.1) is 0 Å². The Kier molecular flexibility index (Phi) is 5.53. The van der Waals surface area contributed by atoms with Gasteiger partial charge in [-0.3, -0.25) is 4.79 Å².